The fourth-order valence-electron chi connectivity index (χ4n) is 4.82. The van der Waals surface area contributed by atoms with Gasteiger partial charge in [0.1, 0.15) is 11.8 Å². The minimum absolute atomic E-state index is 0.0835. The third kappa shape index (κ3) is 4.17. The molecule has 0 bridgehead atoms. The number of hydrogen-bond acceptors (Lipinski definition) is 5. The first-order chi connectivity index (χ1) is 14.9. The Labute approximate surface area is 182 Å². The van der Waals surface area contributed by atoms with Gasteiger partial charge in [0.05, 0.1) is 31.6 Å². The number of anilines is 1. The molecule has 31 heavy (non-hydrogen) atoms. The molecule has 1 aromatic carbocycles. The Morgan fingerprint density at radius 3 is 2.42 bits per heavy atom. The number of rotatable bonds is 7. The van der Waals surface area contributed by atoms with E-state index in [0.717, 1.165) is 0 Å². The van der Waals surface area contributed by atoms with E-state index >= 15 is 0 Å². The number of allylic oxidation sites excluding steroid dienone is 1. The summed E-state index contributed by atoms with van der Waals surface area (Å²) in [6.07, 6.45) is 4.57. The number of nitrogens with zero attached hydrogens (tertiary/aromatic N) is 1. The third-order valence-corrected chi connectivity index (χ3v) is 6.43. The number of carbonyl (C=O) groups is 3. The van der Waals surface area contributed by atoms with Crippen molar-refractivity contribution >= 4 is 23.4 Å². The van der Waals surface area contributed by atoms with Crippen LogP contribution in [-0.2, 0) is 14.4 Å². The first-order valence-electron chi connectivity index (χ1n) is 10.7. The number of likely N-dealkylation sites (tertiary alicyclic amines) is 1. The highest BCUT2D eigenvalue weighted by Crippen LogP contribution is 2.45. The van der Waals surface area contributed by atoms with Crippen LogP contribution in [0.25, 0.3) is 0 Å². The maximum absolute atomic E-state index is 13.5. The third-order valence-electron chi connectivity index (χ3n) is 6.43. The zero-order valence-electron chi connectivity index (χ0n) is 18.4. The number of aliphatic hydroxyl groups excluding tert-OH is 1. The second kappa shape index (κ2) is 9.51. The second-order valence-electron chi connectivity index (χ2n) is 8.14. The molecule has 0 unspecified atom stereocenters. The molecular formula is C23H31N3O5. The maximum atomic E-state index is 13.5. The summed E-state index contributed by atoms with van der Waals surface area (Å²) >= 11 is 0. The van der Waals surface area contributed by atoms with Crippen LogP contribution in [0.1, 0.15) is 20.3 Å². The van der Waals surface area contributed by atoms with Crippen LogP contribution in [0, 0.1) is 23.7 Å². The van der Waals surface area contributed by atoms with Crippen molar-refractivity contribution < 1.29 is 24.2 Å². The van der Waals surface area contributed by atoms with Crippen LogP contribution in [0.5, 0.6) is 5.75 Å². The molecule has 3 amide bonds. The van der Waals surface area contributed by atoms with E-state index in [0.29, 0.717) is 17.9 Å². The van der Waals surface area contributed by atoms with Crippen molar-refractivity contribution in [3.63, 3.8) is 0 Å². The maximum Gasteiger partial charge on any atom is 0.247 e. The van der Waals surface area contributed by atoms with Gasteiger partial charge in [-0.1, -0.05) is 19.1 Å². The quantitative estimate of drug-likeness (QED) is 0.568. The van der Waals surface area contributed by atoms with Crippen molar-refractivity contribution in [2.45, 2.75) is 32.4 Å². The summed E-state index contributed by atoms with van der Waals surface area (Å²) in [6, 6.07) is 5.55. The lowest BCUT2D eigenvalue weighted by Crippen LogP contribution is -2.49. The predicted octanol–water partition coefficient (Wildman–Crippen LogP) is 1.42. The van der Waals surface area contributed by atoms with Crippen LogP contribution in [-0.4, -0.2) is 60.6 Å². The highest BCUT2D eigenvalue weighted by atomic mass is 16.5. The topological polar surface area (TPSA) is 108 Å². The van der Waals surface area contributed by atoms with E-state index < -0.39 is 29.8 Å². The molecule has 3 rings (SSSR count). The lowest BCUT2D eigenvalue weighted by Gasteiger charge is -2.33. The molecule has 1 heterocycles. The molecule has 3 N–H and O–H groups in total. The predicted molar refractivity (Wildman–Crippen MR) is 116 cm³/mol. The summed E-state index contributed by atoms with van der Waals surface area (Å²) in [4.78, 5) is 41.0. The Balaban J connectivity index is 1.97. The van der Waals surface area contributed by atoms with E-state index in [-0.39, 0.29) is 30.2 Å². The fraction of sp³-hybridized carbons (Fsp3) is 0.522. The molecule has 1 aromatic rings. The van der Waals surface area contributed by atoms with E-state index in [4.69, 9.17) is 4.74 Å². The molecule has 1 saturated heterocycles. The summed E-state index contributed by atoms with van der Waals surface area (Å²) in [7, 11) is 3.12. The highest BCUT2D eigenvalue weighted by molar-refractivity contribution is 6.02. The molecule has 168 valence electrons. The first-order valence-corrected chi connectivity index (χ1v) is 10.7. The fourth-order valence-corrected chi connectivity index (χ4v) is 4.82. The summed E-state index contributed by atoms with van der Waals surface area (Å²) in [6.45, 7) is 3.41. The first kappa shape index (κ1) is 22.8. The number of hydrogen-bond donors (Lipinski definition) is 3. The monoisotopic (exact) mass is 429 g/mol. The number of benzene rings is 1. The van der Waals surface area contributed by atoms with Crippen molar-refractivity contribution in [1.82, 2.24) is 10.2 Å². The number of methoxy groups -OCH3 is 1. The number of aliphatic hydroxyl groups is 1. The minimum Gasteiger partial charge on any atom is -0.497 e. The summed E-state index contributed by atoms with van der Waals surface area (Å²) in [5, 5.41) is 15.3. The van der Waals surface area contributed by atoms with Gasteiger partial charge in [-0.25, -0.2) is 0 Å². The van der Waals surface area contributed by atoms with Gasteiger partial charge in [-0.2, -0.15) is 0 Å². The molecule has 8 nitrogen and oxygen atoms in total. The number of amides is 3. The van der Waals surface area contributed by atoms with Gasteiger partial charge in [-0.3, -0.25) is 14.4 Å². The normalized spacial score (nSPS) is 28.1. The van der Waals surface area contributed by atoms with Gasteiger partial charge in [0.15, 0.2) is 0 Å². The Kier molecular flexibility index (Phi) is 7.00. The Bertz CT molecular complexity index is 853. The second-order valence-corrected chi connectivity index (χ2v) is 8.14. The van der Waals surface area contributed by atoms with E-state index in [1.54, 1.807) is 45.3 Å². The summed E-state index contributed by atoms with van der Waals surface area (Å²) in [5.41, 5.74) is 0.576. The SMILES string of the molecule is CC[C@@H]1C=C[C@H]2[C@H](C(=O)N([C@H](C)CO)[C@@H]2C(=O)Nc2ccc(OC)cc2)[C@@H]1C(=O)NC. The van der Waals surface area contributed by atoms with Crippen LogP contribution < -0.4 is 15.4 Å². The average molecular weight is 430 g/mol. The van der Waals surface area contributed by atoms with Gasteiger partial charge in [-0.15, -0.1) is 0 Å². The molecule has 0 radical (unpaired) electrons. The van der Waals surface area contributed by atoms with Crippen LogP contribution in [0.3, 0.4) is 0 Å². The number of nitrogens with one attached hydrogen (secondary N) is 2. The van der Waals surface area contributed by atoms with Crippen LogP contribution in [0.4, 0.5) is 5.69 Å². The molecule has 0 aromatic heterocycles. The van der Waals surface area contributed by atoms with Gasteiger partial charge in [-0.05, 0) is 43.5 Å². The smallest absolute Gasteiger partial charge is 0.247 e. The van der Waals surface area contributed by atoms with Crippen LogP contribution in [0.15, 0.2) is 36.4 Å². The Hall–Kier alpha value is -2.87. The molecule has 2 aliphatic rings. The molecule has 6 atom stereocenters. The minimum atomic E-state index is -0.817. The molecule has 8 heteroatoms. The molecule has 1 aliphatic carbocycles. The lowest BCUT2D eigenvalue weighted by molar-refractivity contribution is -0.142. The van der Waals surface area contributed by atoms with Crippen LogP contribution in [0.2, 0.25) is 0 Å². The Morgan fingerprint density at radius 2 is 1.87 bits per heavy atom. The van der Waals surface area contributed by atoms with Crippen molar-refractivity contribution in [3.8, 4) is 5.75 Å². The summed E-state index contributed by atoms with van der Waals surface area (Å²) < 4.78 is 5.15. The number of carbonyl (C=O) groups excluding carboxylic acids is 3. The molecular weight excluding hydrogens is 398 g/mol. The van der Waals surface area contributed by atoms with E-state index in [9.17, 15) is 19.5 Å². The van der Waals surface area contributed by atoms with Gasteiger partial charge in [0.2, 0.25) is 17.7 Å². The molecule has 0 spiro atoms. The standard InChI is InChI=1S/C23H31N3O5/c1-5-14-6-11-17-19(18(14)21(28)24-3)23(30)26(13(2)12-27)20(17)22(29)25-15-7-9-16(31-4)10-8-15/h6-11,13-14,17-20,27H,5,12H2,1-4H3,(H,24,28)(H,25,29)/t13-,14-,17+,18-,19+,20+/m1/s1. The molecule has 1 aliphatic heterocycles. The average Bonchev–Trinajstić information content (AvgIpc) is 3.10. The van der Waals surface area contributed by atoms with Crippen molar-refractivity contribution in [1.29, 1.82) is 0 Å². The van der Waals surface area contributed by atoms with Crippen LogP contribution >= 0.6 is 0 Å². The molecule has 1 fully saturated rings. The zero-order valence-corrected chi connectivity index (χ0v) is 18.4. The van der Waals surface area contributed by atoms with Gasteiger partial charge in [0.25, 0.3) is 0 Å². The van der Waals surface area contributed by atoms with E-state index in [1.807, 2.05) is 19.1 Å². The van der Waals surface area contributed by atoms with E-state index in [2.05, 4.69) is 10.6 Å². The largest absolute Gasteiger partial charge is 0.497 e. The van der Waals surface area contributed by atoms with Gasteiger partial charge < -0.3 is 25.4 Å². The number of fused-ring (bicyclic) bond motifs is 1. The summed E-state index contributed by atoms with van der Waals surface area (Å²) in [5.74, 6) is -1.88. The van der Waals surface area contributed by atoms with E-state index in [1.165, 1.54) is 4.90 Å². The zero-order chi connectivity index (χ0) is 22.7. The number of ether oxygens (including phenoxy) is 1. The highest BCUT2D eigenvalue weighted by Gasteiger charge is 2.57. The van der Waals surface area contributed by atoms with Gasteiger partial charge in [0, 0.05) is 18.7 Å². The van der Waals surface area contributed by atoms with Crippen molar-refractivity contribution in [3.05, 3.63) is 36.4 Å². The van der Waals surface area contributed by atoms with Gasteiger partial charge >= 0.3 is 0 Å². The molecule has 0 saturated carbocycles. The lowest BCUT2D eigenvalue weighted by atomic mass is 9.69. The van der Waals surface area contributed by atoms with Crippen molar-refractivity contribution in [2.24, 2.45) is 23.7 Å². The Morgan fingerprint density at radius 1 is 1.19 bits per heavy atom. The van der Waals surface area contributed by atoms with Crippen molar-refractivity contribution in [2.75, 3.05) is 26.1 Å².